The van der Waals surface area contributed by atoms with E-state index in [2.05, 4.69) is 28.8 Å². The van der Waals surface area contributed by atoms with Crippen LogP contribution in [0.3, 0.4) is 0 Å². The Balaban J connectivity index is 1.73. The van der Waals surface area contributed by atoms with E-state index >= 15 is 0 Å². The van der Waals surface area contributed by atoms with Gasteiger partial charge in [-0.3, -0.25) is 4.79 Å². The number of halogens is 1. The Morgan fingerprint density at radius 3 is 2.56 bits per heavy atom. The van der Waals surface area contributed by atoms with Gasteiger partial charge < -0.3 is 14.7 Å². The zero-order valence-electron chi connectivity index (χ0n) is 15.5. The van der Waals surface area contributed by atoms with Gasteiger partial charge in [-0.15, -0.1) is 0 Å². The molecule has 2 heterocycles. The van der Waals surface area contributed by atoms with E-state index in [1.54, 1.807) is 0 Å². The Bertz CT molecular complexity index is 599. The van der Waals surface area contributed by atoms with E-state index in [9.17, 15) is 4.79 Å². The summed E-state index contributed by atoms with van der Waals surface area (Å²) in [6, 6.07) is 6.20. The fourth-order valence-corrected chi connectivity index (χ4v) is 4.30. The smallest absolute Gasteiger partial charge is 0.254 e. The number of amides is 1. The Kier molecular flexibility index (Phi) is 6.24. The fourth-order valence-electron chi connectivity index (χ4n) is 4.00. The molecule has 4 nitrogen and oxygen atoms in total. The highest BCUT2D eigenvalue weighted by Gasteiger charge is 2.28. The number of hydrogen-bond acceptors (Lipinski definition) is 3. The van der Waals surface area contributed by atoms with Crippen molar-refractivity contribution >= 4 is 23.2 Å². The molecule has 5 heteroatoms. The highest BCUT2D eigenvalue weighted by molar-refractivity contribution is 6.33. The number of carbonyl (C=O) groups excluding carboxylic acids is 1. The van der Waals surface area contributed by atoms with Gasteiger partial charge in [-0.25, -0.2) is 0 Å². The SMILES string of the molecule is CN(C)CC[C@H]1CCCCN1C(=O)c1ccc(N2CCCC2)c(Cl)c1. The first kappa shape index (κ1) is 18.5. The summed E-state index contributed by atoms with van der Waals surface area (Å²) in [4.78, 5) is 19.7. The largest absolute Gasteiger partial charge is 0.370 e. The van der Waals surface area contributed by atoms with E-state index in [0.29, 0.717) is 11.1 Å². The lowest BCUT2D eigenvalue weighted by molar-refractivity contribution is 0.0591. The molecule has 3 rings (SSSR count). The van der Waals surface area contributed by atoms with Crippen molar-refractivity contribution in [1.82, 2.24) is 9.80 Å². The van der Waals surface area contributed by atoms with Crippen LogP contribution in [0.2, 0.25) is 5.02 Å². The second kappa shape index (κ2) is 8.41. The van der Waals surface area contributed by atoms with Crippen molar-refractivity contribution in [1.29, 1.82) is 0 Å². The molecule has 2 aliphatic heterocycles. The number of nitrogens with zero attached hydrogens (tertiary/aromatic N) is 3. The molecule has 25 heavy (non-hydrogen) atoms. The minimum absolute atomic E-state index is 0.137. The first-order valence-corrected chi connectivity index (χ1v) is 9.94. The van der Waals surface area contributed by atoms with Crippen LogP contribution in [0.1, 0.15) is 48.9 Å². The Morgan fingerprint density at radius 2 is 1.88 bits per heavy atom. The highest BCUT2D eigenvalue weighted by Crippen LogP contribution is 2.31. The van der Waals surface area contributed by atoms with E-state index in [1.807, 2.05) is 18.2 Å². The summed E-state index contributed by atoms with van der Waals surface area (Å²) in [5.41, 5.74) is 1.79. The van der Waals surface area contributed by atoms with Crippen molar-refractivity contribution < 1.29 is 4.79 Å². The number of piperidine rings is 1. The van der Waals surface area contributed by atoms with Gasteiger partial charge in [-0.05, 0) is 77.4 Å². The van der Waals surface area contributed by atoms with Crippen LogP contribution in [0, 0.1) is 0 Å². The minimum atomic E-state index is 0.137. The maximum absolute atomic E-state index is 13.1. The van der Waals surface area contributed by atoms with Crippen molar-refractivity contribution in [3.8, 4) is 0 Å². The topological polar surface area (TPSA) is 26.8 Å². The second-order valence-corrected chi connectivity index (χ2v) is 8.01. The molecule has 2 saturated heterocycles. The molecule has 1 aromatic rings. The standard InChI is InChI=1S/C20H30ClN3O/c1-22(2)14-10-17-7-3-4-13-24(17)20(25)16-8-9-19(18(21)15-16)23-11-5-6-12-23/h8-9,15,17H,3-7,10-14H2,1-2H3/t17-/m1/s1. The number of likely N-dealkylation sites (tertiary alicyclic amines) is 1. The zero-order chi connectivity index (χ0) is 17.8. The highest BCUT2D eigenvalue weighted by atomic mass is 35.5. The molecule has 0 bridgehead atoms. The Morgan fingerprint density at radius 1 is 1.16 bits per heavy atom. The van der Waals surface area contributed by atoms with Gasteiger partial charge in [-0.2, -0.15) is 0 Å². The fraction of sp³-hybridized carbons (Fsp3) is 0.650. The number of benzene rings is 1. The summed E-state index contributed by atoms with van der Waals surface area (Å²) in [6.07, 6.45) is 6.91. The van der Waals surface area contributed by atoms with Crippen molar-refractivity contribution in [2.45, 2.75) is 44.6 Å². The molecule has 0 N–H and O–H groups in total. The molecular weight excluding hydrogens is 334 g/mol. The van der Waals surface area contributed by atoms with E-state index in [1.165, 1.54) is 19.3 Å². The molecule has 2 aliphatic rings. The predicted octanol–water partition coefficient (Wildman–Crippen LogP) is 3.89. The third-order valence-electron chi connectivity index (χ3n) is 5.44. The Hall–Kier alpha value is -1.26. The molecule has 0 unspecified atom stereocenters. The molecule has 0 aromatic heterocycles. The molecule has 138 valence electrons. The predicted molar refractivity (Wildman–Crippen MR) is 105 cm³/mol. The monoisotopic (exact) mass is 363 g/mol. The molecule has 0 aliphatic carbocycles. The van der Waals surface area contributed by atoms with Crippen molar-refractivity contribution in [3.63, 3.8) is 0 Å². The van der Waals surface area contributed by atoms with E-state index < -0.39 is 0 Å². The maximum atomic E-state index is 13.1. The third-order valence-corrected chi connectivity index (χ3v) is 5.74. The third kappa shape index (κ3) is 4.48. The van der Waals surface area contributed by atoms with Gasteiger partial charge >= 0.3 is 0 Å². The summed E-state index contributed by atoms with van der Waals surface area (Å²) in [5.74, 6) is 0.137. The van der Waals surface area contributed by atoms with E-state index in [4.69, 9.17) is 11.6 Å². The van der Waals surface area contributed by atoms with Gasteiger partial charge in [0.1, 0.15) is 0 Å². The number of anilines is 1. The van der Waals surface area contributed by atoms with Crippen LogP contribution in [-0.2, 0) is 0 Å². The van der Waals surface area contributed by atoms with Crippen LogP contribution in [0.5, 0.6) is 0 Å². The van der Waals surface area contributed by atoms with Crippen LogP contribution in [-0.4, -0.2) is 62.0 Å². The molecule has 0 saturated carbocycles. The van der Waals surface area contributed by atoms with E-state index in [0.717, 1.165) is 56.7 Å². The van der Waals surface area contributed by atoms with Crippen LogP contribution in [0.25, 0.3) is 0 Å². The molecule has 1 aromatic carbocycles. The molecule has 2 fully saturated rings. The maximum Gasteiger partial charge on any atom is 0.254 e. The van der Waals surface area contributed by atoms with Gasteiger partial charge in [0.2, 0.25) is 0 Å². The van der Waals surface area contributed by atoms with Gasteiger partial charge in [0.05, 0.1) is 10.7 Å². The summed E-state index contributed by atoms with van der Waals surface area (Å²) in [7, 11) is 4.18. The molecule has 1 atom stereocenters. The number of hydrogen-bond donors (Lipinski definition) is 0. The zero-order valence-corrected chi connectivity index (χ0v) is 16.3. The minimum Gasteiger partial charge on any atom is -0.370 e. The normalized spacial score (nSPS) is 21.2. The van der Waals surface area contributed by atoms with Crippen LogP contribution < -0.4 is 4.90 Å². The first-order chi connectivity index (χ1) is 12.1. The molecular formula is C20H30ClN3O. The lowest BCUT2D eigenvalue weighted by Crippen LogP contribution is -2.44. The average Bonchev–Trinajstić information content (AvgIpc) is 3.13. The summed E-state index contributed by atoms with van der Waals surface area (Å²) >= 11 is 6.51. The lowest BCUT2D eigenvalue weighted by Gasteiger charge is -2.36. The quantitative estimate of drug-likeness (QED) is 0.794. The van der Waals surface area contributed by atoms with Gasteiger partial charge in [-0.1, -0.05) is 11.6 Å². The lowest BCUT2D eigenvalue weighted by atomic mass is 9.98. The summed E-state index contributed by atoms with van der Waals surface area (Å²) in [6.45, 7) is 4.00. The number of rotatable bonds is 5. The van der Waals surface area contributed by atoms with Crippen LogP contribution in [0.4, 0.5) is 5.69 Å². The molecule has 1 amide bonds. The van der Waals surface area contributed by atoms with E-state index in [-0.39, 0.29) is 5.91 Å². The molecule has 0 radical (unpaired) electrons. The van der Waals surface area contributed by atoms with Crippen molar-refractivity contribution in [3.05, 3.63) is 28.8 Å². The summed E-state index contributed by atoms with van der Waals surface area (Å²) in [5, 5.41) is 0.703. The van der Waals surface area contributed by atoms with Gasteiger partial charge in [0, 0.05) is 31.2 Å². The molecule has 0 spiro atoms. The first-order valence-electron chi connectivity index (χ1n) is 9.56. The van der Waals surface area contributed by atoms with Crippen LogP contribution in [0.15, 0.2) is 18.2 Å². The van der Waals surface area contributed by atoms with Gasteiger partial charge in [0.25, 0.3) is 5.91 Å². The second-order valence-electron chi connectivity index (χ2n) is 7.60. The Labute approximate surface area is 156 Å². The van der Waals surface area contributed by atoms with Gasteiger partial charge in [0.15, 0.2) is 0 Å². The van der Waals surface area contributed by atoms with Crippen molar-refractivity contribution in [2.75, 3.05) is 45.2 Å². The average molecular weight is 364 g/mol. The summed E-state index contributed by atoms with van der Waals surface area (Å²) < 4.78 is 0. The van der Waals surface area contributed by atoms with Crippen molar-refractivity contribution in [2.24, 2.45) is 0 Å². The number of carbonyl (C=O) groups is 1. The van der Waals surface area contributed by atoms with Crippen LogP contribution >= 0.6 is 11.6 Å².